The average Bonchev–Trinajstić information content (AvgIpc) is 3.11. The number of carbonyl (C=O) groups excluding carboxylic acids is 1. The Hall–Kier alpha value is -1.21. The molecule has 1 saturated carbocycles. The normalized spacial score (nSPS) is 15.3. The summed E-state index contributed by atoms with van der Waals surface area (Å²) in [6.07, 6.45) is 7.06. The number of rotatable bonds is 8. The van der Waals surface area contributed by atoms with E-state index in [4.69, 9.17) is 4.74 Å². The van der Waals surface area contributed by atoms with E-state index in [1.165, 1.54) is 37.0 Å². The van der Waals surface area contributed by atoms with Crippen molar-refractivity contribution in [1.29, 1.82) is 0 Å². The standard InChI is InChI=1S/C14H24N4O2S/c1-2-20-9-5-8-15-13(19)16-14-18-17-12(21-14)10-11-6-3-4-7-11/h11H,2-10H2,1H3,(H2,15,16,18,19). The lowest BCUT2D eigenvalue weighted by Crippen LogP contribution is -2.30. The van der Waals surface area contributed by atoms with Gasteiger partial charge in [0.05, 0.1) is 0 Å². The zero-order valence-electron chi connectivity index (χ0n) is 12.6. The maximum Gasteiger partial charge on any atom is 0.321 e. The van der Waals surface area contributed by atoms with Crippen LogP contribution >= 0.6 is 11.3 Å². The number of hydrogen-bond donors (Lipinski definition) is 2. The summed E-state index contributed by atoms with van der Waals surface area (Å²) in [4.78, 5) is 11.7. The molecule has 0 bridgehead atoms. The van der Waals surface area contributed by atoms with Gasteiger partial charge in [-0.05, 0) is 19.3 Å². The van der Waals surface area contributed by atoms with E-state index in [2.05, 4.69) is 20.8 Å². The monoisotopic (exact) mass is 312 g/mol. The van der Waals surface area contributed by atoms with E-state index >= 15 is 0 Å². The second-order valence-electron chi connectivity index (χ2n) is 5.29. The van der Waals surface area contributed by atoms with Gasteiger partial charge in [-0.2, -0.15) is 0 Å². The molecule has 1 fully saturated rings. The number of amides is 2. The molecule has 118 valence electrons. The molecule has 2 N–H and O–H groups in total. The molecule has 21 heavy (non-hydrogen) atoms. The number of anilines is 1. The number of hydrogen-bond acceptors (Lipinski definition) is 5. The van der Waals surface area contributed by atoms with E-state index in [0.717, 1.165) is 23.8 Å². The fourth-order valence-corrected chi connectivity index (χ4v) is 3.36. The predicted octanol–water partition coefficient (Wildman–Crippen LogP) is 2.82. The molecule has 1 aromatic heterocycles. The lowest BCUT2D eigenvalue weighted by molar-refractivity contribution is 0.145. The minimum absolute atomic E-state index is 0.227. The van der Waals surface area contributed by atoms with Crippen LogP contribution in [-0.2, 0) is 11.2 Å². The molecule has 0 spiro atoms. The highest BCUT2D eigenvalue weighted by atomic mass is 32.1. The van der Waals surface area contributed by atoms with Crippen molar-refractivity contribution < 1.29 is 9.53 Å². The van der Waals surface area contributed by atoms with Gasteiger partial charge in [-0.3, -0.25) is 5.32 Å². The van der Waals surface area contributed by atoms with Gasteiger partial charge in [0.2, 0.25) is 5.13 Å². The molecule has 1 heterocycles. The zero-order valence-corrected chi connectivity index (χ0v) is 13.4. The molecule has 0 aromatic carbocycles. The summed E-state index contributed by atoms with van der Waals surface area (Å²) in [6, 6.07) is -0.227. The number of aromatic nitrogens is 2. The molecule has 2 amide bonds. The van der Waals surface area contributed by atoms with Crippen LogP contribution in [0.25, 0.3) is 0 Å². The number of urea groups is 1. The number of ether oxygens (including phenoxy) is 1. The summed E-state index contributed by atoms with van der Waals surface area (Å²) in [7, 11) is 0. The van der Waals surface area contributed by atoms with Gasteiger partial charge in [0, 0.05) is 26.2 Å². The van der Waals surface area contributed by atoms with Gasteiger partial charge in [-0.1, -0.05) is 37.0 Å². The highest BCUT2D eigenvalue weighted by Gasteiger charge is 2.18. The first-order chi connectivity index (χ1) is 10.3. The summed E-state index contributed by atoms with van der Waals surface area (Å²) < 4.78 is 5.21. The van der Waals surface area contributed by atoms with Crippen LogP contribution in [0.2, 0.25) is 0 Å². The maximum atomic E-state index is 11.7. The molecule has 1 aliphatic carbocycles. The molecule has 7 heteroatoms. The molecule has 0 aliphatic heterocycles. The SMILES string of the molecule is CCOCCCNC(=O)Nc1nnc(CC2CCCC2)s1. The first-order valence-corrected chi connectivity index (χ1v) is 8.54. The van der Waals surface area contributed by atoms with E-state index < -0.39 is 0 Å². The fourth-order valence-electron chi connectivity index (χ4n) is 2.51. The van der Waals surface area contributed by atoms with Crippen LogP contribution in [0.5, 0.6) is 0 Å². The second-order valence-corrected chi connectivity index (χ2v) is 6.35. The Morgan fingerprint density at radius 2 is 2.19 bits per heavy atom. The minimum Gasteiger partial charge on any atom is -0.382 e. The van der Waals surface area contributed by atoms with Crippen molar-refractivity contribution in [2.24, 2.45) is 5.92 Å². The maximum absolute atomic E-state index is 11.7. The lowest BCUT2D eigenvalue weighted by atomic mass is 10.1. The molecule has 0 unspecified atom stereocenters. The smallest absolute Gasteiger partial charge is 0.321 e. The van der Waals surface area contributed by atoms with Gasteiger partial charge in [0.1, 0.15) is 5.01 Å². The van der Waals surface area contributed by atoms with Gasteiger partial charge < -0.3 is 10.1 Å². The van der Waals surface area contributed by atoms with Crippen LogP contribution in [-0.4, -0.2) is 36.0 Å². The van der Waals surface area contributed by atoms with E-state index in [-0.39, 0.29) is 6.03 Å². The number of carbonyl (C=O) groups is 1. The Labute approximate surface area is 129 Å². The molecule has 0 radical (unpaired) electrons. The van der Waals surface area contributed by atoms with E-state index in [1.807, 2.05) is 6.92 Å². The topological polar surface area (TPSA) is 76.1 Å². The van der Waals surface area contributed by atoms with E-state index in [9.17, 15) is 4.79 Å². The predicted molar refractivity (Wildman–Crippen MR) is 83.7 cm³/mol. The molecule has 0 saturated heterocycles. The van der Waals surface area contributed by atoms with Crippen LogP contribution in [0.1, 0.15) is 44.0 Å². The van der Waals surface area contributed by atoms with E-state index in [1.54, 1.807) is 0 Å². The average molecular weight is 312 g/mol. The summed E-state index contributed by atoms with van der Waals surface area (Å²) in [5, 5.41) is 15.3. The van der Waals surface area contributed by atoms with Crippen LogP contribution in [0.15, 0.2) is 0 Å². The molecule has 6 nitrogen and oxygen atoms in total. The summed E-state index contributed by atoms with van der Waals surface area (Å²) >= 11 is 1.48. The Morgan fingerprint density at radius 1 is 1.38 bits per heavy atom. The van der Waals surface area contributed by atoms with Crippen molar-refractivity contribution >= 4 is 22.5 Å². The first-order valence-electron chi connectivity index (χ1n) is 7.73. The Bertz CT molecular complexity index is 432. The minimum atomic E-state index is -0.227. The van der Waals surface area contributed by atoms with Crippen molar-refractivity contribution in [2.75, 3.05) is 25.1 Å². The van der Waals surface area contributed by atoms with Gasteiger partial charge in [-0.25, -0.2) is 4.79 Å². The molecular weight excluding hydrogens is 288 g/mol. The Balaban J connectivity index is 1.65. The van der Waals surface area contributed by atoms with Crippen LogP contribution in [0.3, 0.4) is 0 Å². The van der Waals surface area contributed by atoms with E-state index in [0.29, 0.717) is 24.9 Å². The summed E-state index contributed by atoms with van der Waals surface area (Å²) in [5.41, 5.74) is 0. The van der Waals surface area contributed by atoms with Crippen molar-refractivity contribution in [3.05, 3.63) is 5.01 Å². The first kappa shape index (κ1) is 16.2. The third-order valence-electron chi connectivity index (χ3n) is 3.58. The second kappa shape index (κ2) is 8.94. The fraction of sp³-hybridized carbons (Fsp3) is 0.786. The van der Waals surface area contributed by atoms with Crippen molar-refractivity contribution in [3.8, 4) is 0 Å². The van der Waals surface area contributed by atoms with Gasteiger partial charge >= 0.3 is 6.03 Å². The van der Waals surface area contributed by atoms with Crippen molar-refractivity contribution in [3.63, 3.8) is 0 Å². The molecule has 2 rings (SSSR count). The largest absolute Gasteiger partial charge is 0.382 e. The number of nitrogens with one attached hydrogen (secondary N) is 2. The summed E-state index contributed by atoms with van der Waals surface area (Å²) in [5.74, 6) is 0.748. The summed E-state index contributed by atoms with van der Waals surface area (Å²) in [6.45, 7) is 3.93. The Kier molecular flexibility index (Phi) is 6.88. The quantitative estimate of drug-likeness (QED) is 0.724. The lowest BCUT2D eigenvalue weighted by Gasteiger charge is -2.05. The molecule has 1 aromatic rings. The highest BCUT2D eigenvalue weighted by Crippen LogP contribution is 2.29. The van der Waals surface area contributed by atoms with Crippen molar-refractivity contribution in [1.82, 2.24) is 15.5 Å². The third kappa shape index (κ3) is 5.97. The molecule has 1 aliphatic rings. The van der Waals surface area contributed by atoms with Gasteiger partial charge in [0.15, 0.2) is 0 Å². The van der Waals surface area contributed by atoms with Crippen LogP contribution in [0.4, 0.5) is 9.93 Å². The molecule has 0 atom stereocenters. The number of nitrogens with zero attached hydrogens (tertiary/aromatic N) is 2. The van der Waals surface area contributed by atoms with Gasteiger partial charge in [0.25, 0.3) is 0 Å². The highest BCUT2D eigenvalue weighted by molar-refractivity contribution is 7.15. The third-order valence-corrected chi connectivity index (χ3v) is 4.44. The Morgan fingerprint density at radius 3 is 2.95 bits per heavy atom. The van der Waals surface area contributed by atoms with Crippen LogP contribution in [0, 0.1) is 5.92 Å². The zero-order chi connectivity index (χ0) is 14.9. The van der Waals surface area contributed by atoms with Crippen LogP contribution < -0.4 is 10.6 Å². The van der Waals surface area contributed by atoms with Crippen molar-refractivity contribution in [2.45, 2.75) is 45.4 Å². The van der Waals surface area contributed by atoms with Gasteiger partial charge in [-0.15, -0.1) is 10.2 Å². The molecular formula is C14H24N4O2S.